The topological polar surface area (TPSA) is 63.4 Å². The fourth-order valence-electron chi connectivity index (χ4n) is 2.68. The normalized spacial score (nSPS) is 15.6. The van der Waals surface area contributed by atoms with E-state index in [1.165, 1.54) is 23.4 Å². The summed E-state index contributed by atoms with van der Waals surface area (Å²) in [6.07, 6.45) is 3.58. The van der Waals surface area contributed by atoms with E-state index in [0.29, 0.717) is 0 Å². The second kappa shape index (κ2) is 5.79. The second-order valence-electron chi connectivity index (χ2n) is 5.30. The molecule has 6 heteroatoms. The molecule has 0 fully saturated rings. The average molecular weight is 322 g/mol. The predicted octanol–water partition coefficient (Wildman–Crippen LogP) is 2.74. The van der Waals surface area contributed by atoms with Gasteiger partial charge in [0, 0.05) is 18.0 Å². The summed E-state index contributed by atoms with van der Waals surface area (Å²) in [6, 6.07) is 9.03. The van der Waals surface area contributed by atoms with E-state index < -0.39 is 10.0 Å². The van der Waals surface area contributed by atoms with Crippen LogP contribution in [-0.2, 0) is 23.0 Å². The maximum atomic E-state index is 11.3. The zero-order valence-electron chi connectivity index (χ0n) is 11.7. The maximum absolute atomic E-state index is 11.3. The van der Waals surface area contributed by atoms with Crippen LogP contribution in [0.5, 0.6) is 0 Å². The van der Waals surface area contributed by atoms with Crippen LogP contribution >= 0.6 is 11.3 Å². The number of hydrogen-bond donors (Lipinski definition) is 1. The molecule has 3 rings (SSSR count). The molecule has 21 heavy (non-hydrogen) atoms. The number of rotatable bonds is 3. The zero-order chi connectivity index (χ0) is 14.9. The van der Waals surface area contributed by atoms with Gasteiger partial charge in [-0.1, -0.05) is 12.1 Å². The Morgan fingerprint density at radius 1 is 1.14 bits per heavy atom. The lowest BCUT2D eigenvalue weighted by molar-refractivity contribution is 0.597. The quantitative estimate of drug-likeness (QED) is 0.945. The van der Waals surface area contributed by atoms with E-state index in [1.54, 1.807) is 12.1 Å². The minimum atomic E-state index is -3.61. The molecular weight excluding hydrogens is 304 g/mol. The van der Waals surface area contributed by atoms with Crippen LogP contribution in [0.15, 0.2) is 40.6 Å². The van der Waals surface area contributed by atoms with Gasteiger partial charge in [-0.05, 0) is 48.4 Å². The molecule has 1 aromatic heterocycles. The minimum Gasteiger partial charge on any atom is -0.366 e. The Morgan fingerprint density at radius 3 is 2.62 bits per heavy atom. The third kappa shape index (κ3) is 3.28. The van der Waals surface area contributed by atoms with Gasteiger partial charge in [0.25, 0.3) is 0 Å². The Balaban J connectivity index is 1.81. The zero-order valence-corrected chi connectivity index (χ0v) is 13.3. The average Bonchev–Trinajstić information content (AvgIpc) is 2.83. The third-order valence-electron chi connectivity index (χ3n) is 3.77. The van der Waals surface area contributed by atoms with E-state index in [1.807, 2.05) is 23.5 Å². The second-order valence-corrected chi connectivity index (χ2v) is 7.86. The van der Waals surface area contributed by atoms with Crippen molar-refractivity contribution in [2.75, 3.05) is 11.4 Å². The van der Waals surface area contributed by atoms with Crippen molar-refractivity contribution in [2.45, 2.75) is 30.7 Å². The first-order chi connectivity index (χ1) is 10.0. The van der Waals surface area contributed by atoms with Gasteiger partial charge in [-0.15, -0.1) is 11.3 Å². The molecule has 2 heterocycles. The van der Waals surface area contributed by atoms with Gasteiger partial charge >= 0.3 is 0 Å². The van der Waals surface area contributed by atoms with E-state index in [0.717, 1.165) is 25.1 Å². The van der Waals surface area contributed by atoms with Gasteiger partial charge in [0.1, 0.15) is 0 Å². The van der Waals surface area contributed by atoms with Crippen LogP contribution < -0.4 is 10.0 Å². The van der Waals surface area contributed by atoms with Crippen LogP contribution in [0, 0.1) is 0 Å². The number of thiophene rings is 1. The summed E-state index contributed by atoms with van der Waals surface area (Å²) >= 11 is 1.82. The fraction of sp³-hybridized carbons (Fsp3) is 0.333. The van der Waals surface area contributed by atoms with Crippen molar-refractivity contribution in [3.63, 3.8) is 0 Å². The number of anilines is 1. The molecule has 1 aliphatic heterocycles. The van der Waals surface area contributed by atoms with Gasteiger partial charge < -0.3 is 4.90 Å². The number of fused-ring (bicyclic) bond motifs is 1. The number of nitrogens with zero attached hydrogens (tertiary/aromatic N) is 1. The van der Waals surface area contributed by atoms with E-state index in [2.05, 4.69) is 16.3 Å². The molecule has 0 bridgehead atoms. The Morgan fingerprint density at radius 2 is 1.90 bits per heavy atom. The molecule has 4 nitrogen and oxygen atoms in total. The van der Waals surface area contributed by atoms with Crippen LogP contribution in [0.25, 0.3) is 0 Å². The van der Waals surface area contributed by atoms with Gasteiger partial charge in [0.2, 0.25) is 10.0 Å². The van der Waals surface area contributed by atoms with Gasteiger partial charge in [0.15, 0.2) is 0 Å². The summed E-state index contributed by atoms with van der Waals surface area (Å²) in [5.41, 5.74) is 2.43. The Bertz CT molecular complexity index is 720. The van der Waals surface area contributed by atoms with E-state index in [4.69, 9.17) is 5.14 Å². The summed E-state index contributed by atoms with van der Waals surface area (Å²) in [4.78, 5) is 4.00. The Kier molecular flexibility index (Phi) is 4.01. The lowest BCUT2D eigenvalue weighted by Gasteiger charge is -2.23. The molecule has 0 saturated heterocycles. The minimum absolute atomic E-state index is 0.165. The molecule has 1 aromatic carbocycles. The first-order valence-corrected chi connectivity index (χ1v) is 9.40. The highest BCUT2D eigenvalue weighted by Gasteiger charge is 2.16. The molecule has 2 N–H and O–H groups in total. The molecule has 0 aliphatic carbocycles. The maximum Gasteiger partial charge on any atom is 0.238 e. The van der Waals surface area contributed by atoms with Gasteiger partial charge in [-0.25, -0.2) is 13.6 Å². The SMILES string of the molecule is NS(=O)(=O)c1ccc(CN2CCCCc3sccc32)cc1. The monoisotopic (exact) mass is 322 g/mol. The smallest absolute Gasteiger partial charge is 0.238 e. The van der Waals surface area contributed by atoms with Crippen LogP contribution in [0.4, 0.5) is 5.69 Å². The molecule has 0 saturated carbocycles. The van der Waals surface area contributed by atoms with Crippen molar-refractivity contribution < 1.29 is 8.42 Å². The molecule has 0 atom stereocenters. The van der Waals surface area contributed by atoms with Crippen molar-refractivity contribution >= 4 is 27.0 Å². The van der Waals surface area contributed by atoms with Crippen molar-refractivity contribution in [2.24, 2.45) is 5.14 Å². The molecule has 1 aliphatic rings. The Labute approximate surface area is 129 Å². The predicted molar refractivity (Wildman–Crippen MR) is 86.1 cm³/mol. The Hall–Kier alpha value is -1.37. The number of nitrogens with two attached hydrogens (primary N) is 1. The lowest BCUT2D eigenvalue weighted by Crippen LogP contribution is -2.23. The van der Waals surface area contributed by atoms with Crippen LogP contribution in [-0.4, -0.2) is 15.0 Å². The van der Waals surface area contributed by atoms with Crippen molar-refractivity contribution in [1.29, 1.82) is 0 Å². The first-order valence-electron chi connectivity index (χ1n) is 6.97. The van der Waals surface area contributed by atoms with Crippen LogP contribution in [0.2, 0.25) is 0 Å². The van der Waals surface area contributed by atoms with Gasteiger partial charge in [-0.3, -0.25) is 0 Å². The molecule has 0 radical (unpaired) electrons. The number of hydrogen-bond acceptors (Lipinski definition) is 4. The summed E-state index contributed by atoms with van der Waals surface area (Å²) in [5.74, 6) is 0. The van der Waals surface area contributed by atoms with Crippen LogP contribution in [0.3, 0.4) is 0 Å². The largest absolute Gasteiger partial charge is 0.366 e. The third-order valence-corrected chi connectivity index (χ3v) is 5.67. The molecule has 0 spiro atoms. The fourth-order valence-corrected chi connectivity index (χ4v) is 4.14. The standard InChI is InChI=1S/C15H18N2O2S2/c16-21(18,19)13-6-4-12(5-7-13)11-17-9-2-1-3-15-14(17)8-10-20-15/h4-8,10H,1-3,9,11H2,(H2,16,18,19). The van der Waals surface area contributed by atoms with Crippen LogP contribution in [0.1, 0.15) is 23.3 Å². The van der Waals surface area contributed by atoms with Gasteiger partial charge in [-0.2, -0.15) is 0 Å². The molecule has 0 unspecified atom stereocenters. The van der Waals surface area contributed by atoms with Crippen molar-refractivity contribution in [3.8, 4) is 0 Å². The summed E-state index contributed by atoms with van der Waals surface area (Å²) in [5, 5.41) is 7.27. The number of primary sulfonamides is 1. The lowest BCUT2D eigenvalue weighted by atomic mass is 10.2. The summed E-state index contributed by atoms with van der Waals surface area (Å²) < 4.78 is 22.6. The summed E-state index contributed by atoms with van der Waals surface area (Å²) in [6.45, 7) is 1.84. The highest BCUT2D eigenvalue weighted by Crippen LogP contribution is 2.32. The van der Waals surface area contributed by atoms with Crippen molar-refractivity contribution in [1.82, 2.24) is 0 Å². The van der Waals surface area contributed by atoms with E-state index in [-0.39, 0.29) is 4.90 Å². The van der Waals surface area contributed by atoms with E-state index in [9.17, 15) is 8.42 Å². The molecule has 2 aromatic rings. The molecular formula is C15H18N2O2S2. The van der Waals surface area contributed by atoms with Crippen molar-refractivity contribution in [3.05, 3.63) is 46.2 Å². The first kappa shape index (κ1) is 14.6. The molecule has 112 valence electrons. The number of aryl methyl sites for hydroxylation is 1. The number of sulfonamides is 1. The highest BCUT2D eigenvalue weighted by molar-refractivity contribution is 7.89. The summed E-state index contributed by atoms with van der Waals surface area (Å²) in [7, 11) is -3.61. The highest BCUT2D eigenvalue weighted by atomic mass is 32.2. The van der Waals surface area contributed by atoms with Gasteiger partial charge in [0.05, 0.1) is 10.6 Å². The number of benzene rings is 1. The molecule has 0 amide bonds. The van der Waals surface area contributed by atoms with E-state index >= 15 is 0 Å².